The molecule has 1 fully saturated rings. The summed E-state index contributed by atoms with van der Waals surface area (Å²) in [5, 5.41) is 5.22. The summed E-state index contributed by atoms with van der Waals surface area (Å²) in [6, 6.07) is 42.2. The molecule has 35 heavy (non-hydrogen) atoms. The SMILES string of the molecule is c1ccc(-n2c3ccccc3c3c2ccc2c4ccccc4n(-c4cccc(C5CC5)c4)c23)cc1. The lowest BCUT2D eigenvalue weighted by Gasteiger charge is -2.11. The van der Waals surface area contributed by atoms with Crippen molar-refractivity contribution >= 4 is 43.6 Å². The van der Waals surface area contributed by atoms with Gasteiger partial charge in [-0.15, -0.1) is 0 Å². The van der Waals surface area contributed by atoms with E-state index < -0.39 is 0 Å². The third-order valence-corrected chi connectivity index (χ3v) is 7.66. The van der Waals surface area contributed by atoms with Gasteiger partial charge in [-0.1, -0.05) is 72.8 Å². The highest BCUT2D eigenvalue weighted by Crippen LogP contribution is 2.44. The molecule has 5 aromatic carbocycles. The number of rotatable bonds is 3. The average molecular weight is 449 g/mol. The van der Waals surface area contributed by atoms with E-state index >= 15 is 0 Å². The highest BCUT2D eigenvalue weighted by Gasteiger charge is 2.25. The molecule has 0 amide bonds. The number of hydrogen-bond donors (Lipinski definition) is 0. The molecule has 7 aromatic rings. The average Bonchev–Trinajstić information content (AvgIpc) is 3.64. The molecule has 0 aliphatic heterocycles. The molecule has 1 aliphatic carbocycles. The van der Waals surface area contributed by atoms with Crippen LogP contribution >= 0.6 is 0 Å². The van der Waals surface area contributed by atoms with Gasteiger partial charge in [0, 0.05) is 32.9 Å². The van der Waals surface area contributed by atoms with E-state index in [9.17, 15) is 0 Å². The van der Waals surface area contributed by atoms with Gasteiger partial charge in [0.25, 0.3) is 0 Å². The van der Waals surface area contributed by atoms with Crippen LogP contribution in [0.5, 0.6) is 0 Å². The molecule has 166 valence electrons. The van der Waals surface area contributed by atoms with Gasteiger partial charge in [0.2, 0.25) is 0 Å². The van der Waals surface area contributed by atoms with Crippen LogP contribution in [0.4, 0.5) is 0 Å². The summed E-state index contributed by atoms with van der Waals surface area (Å²) in [4.78, 5) is 0. The van der Waals surface area contributed by atoms with Crippen molar-refractivity contribution < 1.29 is 0 Å². The van der Waals surface area contributed by atoms with Crippen LogP contribution in [0.3, 0.4) is 0 Å². The Hall–Kier alpha value is -4.30. The zero-order valence-corrected chi connectivity index (χ0v) is 19.4. The van der Waals surface area contributed by atoms with Gasteiger partial charge in [-0.3, -0.25) is 0 Å². The van der Waals surface area contributed by atoms with E-state index in [0.717, 1.165) is 5.92 Å². The normalized spacial score (nSPS) is 13.9. The van der Waals surface area contributed by atoms with Gasteiger partial charge in [0.05, 0.1) is 22.1 Å². The quantitative estimate of drug-likeness (QED) is 0.256. The largest absolute Gasteiger partial charge is 0.309 e. The van der Waals surface area contributed by atoms with E-state index in [1.54, 1.807) is 0 Å². The molecule has 0 N–H and O–H groups in total. The minimum Gasteiger partial charge on any atom is -0.309 e. The summed E-state index contributed by atoms with van der Waals surface area (Å²) in [6.07, 6.45) is 2.62. The Morgan fingerprint density at radius 2 is 1.17 bits per heavy atom. The summed E-state index contributed by atoms with van der Waals surface area (Å²) in [5.41, 5.74) is 8.95. The molecule has 2 heterocycles. The number of nitrogens with zero attached hydrogens (tertiary/aromatic N) is 2. The first-order valence-corrected chi connectivity index (χ1v) is 12.5. The molecule has 0 radical (unpaired) electrons. The molecule has 0 bridgehead atoms. The molecular weight excluding hydrogens is 424 g/mol. The van der Waals surface area contributed by atoms with Crippen molar-refractivity contribution in [1.29, 1.82) is 0 Å². The first-order chi connectivity index (χ1) is 17.4. The zero-order valence-electron chi connectivity index (χ0n) is 19.4. The number of benzene rings is 5. The standard InChI is InChI=1S/C33H24N2/c1-2-10-24(11-3-1)34-30-16-7-5-14-28(30)32-31(34)20-19-27-26-13-4-6-15-29(26)35(33(27)32)25-12-8-9-23(21-25)22-17-18-22/h1-16,19-22H,17-18H2. The van der Waals surface area contributed by atoms with Gasteiger partial charge >= 0.3 is 0 Å². The van der Waals surface area contributed by atoms with Crippen LogP contribution in [-0.2, 0) is 0 Å². The molecule has 2 heteroatoms. The second kappa shape index (κ2) is 7.10. The maximum atomic E-state index is 2.50. The van der Waals surface area contributed by atoms with Gasteiger partial charge in [0.15, 0.2) is 0 Å². The van der Waals surface area contributed by atoms with Crippen molar-refractivity contribution in [1.82, 2.24) is 9.13 Å². The molecule has 0 unspecified atom stereocenters. The molecule has 1 aliphatic rings. The maximum Gasteiger partial charge on any atom is 0.0641 e. The van der Waals surface area contributed by atoms with Gasteiger partial charge in [0.1, 0.15) is 0 Å². The smallest absolute Gasteiger partial charge is 0.0641 e. The zero-order chi connectivity index (χ0) is 22.9. The van der Waals surface area contributed by atoms with E-state index in [1.165, 1.54) is 73.4 Å². The lowest BCUT2D eigenvalue weighted by atomic mass is 10.1. The van der Waals surface area contributed by atoms with Gasteiger partial charge in [-0.25, -0.2) is 0 Å². The molecule has 2 nitrogen and oxygen atoms in total. The van der Waals surface area contributed by atoms with E-state index in [0.29, 0.717) is 0 Å². The highest BCUT2D eigenvalue weighted by molar-refractivity contribution is 6.26. The predicted molar refractivity (Wildman–Crippen MR) is 147 cm³/mol. The van der Waals surface area contributed by atoms with E-state index in [1.807, 2.05) is 0 Å². The number of aromatic nitrogens is 2. The van der Waals surface area contributed by atoms with Crippen LogP contribution in [0.25, 0.3) is 55.0 Å². The van der Waals surface area contributed by atoms with Crippen molar-refractivity contribution in [3.05, 3.63) is 121 Å². The molecule has 0 saturated heterocycles. The van der Waals surface area contributed by atoms with Crippen LogP contribution in [0, 0.1) is 0 Å². The van der Waals surface area contributed by atoms with E-state index in [2.05, 4.69) is 124 Å². The number of para-hydroxylation sites is 3. The monoisotopic (exact) mass is 448 g/mol. The van der Waals surface area contributed by atoms with Gasteiger partial charge in [-0.2, -0.15) is 0 Å². The Labute approximate surface area is 203 Å². The third kappa shape index (κ3) is 2.71. The van der Waals surface area contributed by atoms with Crippen LogP contribution in [0.15, 0.2) is 115 Å². The Kier molecular flexibility index (Phi) is 3.86. The Morgan fingerprint density at radius 1 is 0.486 bits per heavy atom. The third-order valence-electron chi connectivity index (χ3n) is 7.66. The summed E-state index contributed by atoms with van der Waals surface area (Å²) in [7, 11) is 0. The van der Waals surface area contributed by atoms with Crippen molar-refractivity contribution in [3.8, 4) is 11.4 Å². The van der Waals surface area contributed by atoms with Crippen LogP contribution in [0.2, 0.25) is 0 Å². The molecule has 0 atom stereocenters. The first kappa shape index (κ1) is 19.1. The van der Waals surface area contributed by atoms with Crippen molar-refractivity contribution in [2.45, 2.75) is 18.8 Å². The van der Waals surface area contributed by atoms with Crippen LogP contribution in [-0.4, -0.2) is 9.13 Å². The fraction of sp³-hybridized carbons (Fsp3) is 0.0909. The summed E-state index contributed by atoms with van der Waals surface area (Å²) < 4.78 is 4.91. The number of hydrogen-bond acceptors (Lipinski definition) is 0. The molecule has 8 rings (SSSR count). The topological polar surface area (TPSA) is 9.86 Å². The van der Waals surface area contributed by atoms with E-state index in [4.69, 9.17) is 0 Å². The first-order valence-electron chi connectivity index (χ1n) is 12.5. The van der Waals surface area contributed by atoms with Gasteiger partial charge in [-0.05, 0) is 66.8 Å². The predicted octanol–water partition coefficient (Wildman–Crippen LogP) is 8.76. The minimum atomic E-state index is 0.725. The van der Waals surface area contributed by atoms with Crippen LogP contribution in [0.1, 0.15) is 24.3 Å². The molecule has 2 aromatic heterocycles. The van der Waals surface area contributed by atoms with Crippen molar-refractivity contribution in [3.63, 3.8) is 0 Å². The lowest BCUT2D eigenvalue weighted by molar-refractivity contribution is 1.10. The van der Waals surface area contributed by atoms with Gasteiger partial charge < -0.3 is 9.13 Å². The van der Waals surface area contributed by atoms with Crippen LogP contribution < -0.4 is 0 Å². The lowest BCUT2D eigenvalue weighted by Crippen LogP contribution is -1.96. The highest BCUT2D eigenvalue weighted by atomic mass is 15.0. The fourth-order valence-electron chi connectivity index (χ4n) is 5.97. The number of fused-ring (bicyclic) bond motifs is 7. The second-order valence-electron chi connectivity index (χ2n) is 9.77. The molecule has 0 spiro atoms. The maximum absolute atomic E-state index is 2.50. The van der Waals surface area contributed by atoms with Crippen molar-refractivity contribution in [2.75, 3.05) is 0 Å². The Morgan fingerprint density at radius 3 is 1.97 bits per heavy atom. The summed E-state index contributed by atoms with van der Waals surface area (Å²) in [5.74, 6) is 0.725. The Bertz CT molecular complexity index is 1900. The molecule has 1 saturated carbocycles. The summed E-state index contributed by atoms with van der Waals surface area (Å²) >= 11 is 0. The summed E-state index contributed by atoms with van der Waals surface area (Å²) in [6.45, 7) is 0. The minimum absolute atomic E-state index is 0.725. The Balaban J connectivity index is 1.59. The van der Waals surface area contributed by atoms with E-state index in [-0.39, 0.29) is 0 Å². The second-order valence-corrected chi connectivity index (χ2v) is 9.77. The molecular formula is C33H24N2. The van der Waals surface area contributed by atoms with Crippen molar-refractivity contribution in [2.24, 2.45) is 0 Å². The fourth-order valence-corrected chi connectivity index (χ4v) is 5.97.